The number of nitrogens with two attached hydrogens (primary N) is 1. The molecule has 224 valence electrons. The smallest absolute Gasteiger partial charge is 0.434 e. The molecule has 1 aliphatic heterocycles. The molecular weight excluding hydrogens is 544 g/mol. The van der Waals surface area contributed by atoms with Crippen LogP contribution in [0, 0.1) is 5.41 Å². The van der Waals surface area contributed by atoms with Crippen LogP contribution in [0.3, 0.4) is 0 Å². The van der Waals surface area contributed by atoms with Crippen LogP contribution in [0.5, 0.6) is 0 Å². The van der Waals surface area contributed by atoms with Gasteiger partial charge in [0.25, 0.3) is 0 Å². The number of nitrogens with one attached hydrogen (secondary N) is 4. The normalized spacial score (nSPS) is 18.7. The number of carbonyl (C=O) groups excluding carboxylic acids is 3. The fourth-order valence-corrected chi connectivity index (χ4v) is 5.14. The minimum absolute atomic E-state index is 0.111. The SMILES string of the molecule is CCCCOC(=O)OCC(NS(=O)(=O)CCc1ccccc1)C(=O)NC(C)C(=O)NC1CCCN(C(=N)N)C1O. The number of piperidine rings is 1. The molecule has 15 heteroatoms. The van der Waals surface area contributed by atoms with Crippen LogP contribution in [-0.2, 0) is 35.5 Å². The van der Waals surface area contributed by atoms with Gasteiger partial charge in [-0.15, -0.1) is 0 Å². The molecule has 0 aliphatic carbocycles. The summed E-state index contributed by atoms with van der Waals surface area (Å²) in [6.07, 6.45) is 0.304. The van der Waals surface area contributed by atoms with Crippen molar-refractivity contribution in [3.05, 3.63) is 35.9 Å². The number of amides is 2. The Morgan fingerprint density at radius 2 is 1.90 bits per heavy atom. The maximum absolute atomic E-state index is 13.0. The Kier molecular flexibility index (Phi) is 13.1. The number of benzene rings is 1. The van der Waals surface area contributed by atoms with E-state index in [4.69, 9.17) is 20.6 Å². The zero-order valence-corrected chi connectivity index (χ0v) is 23.6. The van der Waals surface area contributed by atoms with Crippen LogP contribution >= 0.6 is 0 Å². The highest BCUT2D eigenvalue weighted by atomic mass is 32.2. The van der Waals surface area contributed by atoms with Crippen LogP contribution in [0.1, 0.15) is 45.1 Å². The van der Waals surface area contributed by atoms with Crippen molar-refractivity contribution in [3.8, 4) is 0 Å². The van der Waals surface area contributed by atoms with E-state index in [0.717, 1.165) is 12.0 Å². The van der Waals surface area contributed by atoms with E-state index in [1.165, 1.54) is 11.8 Å². The van der Waals surface area contributed by atoms with Gasteiger partial charge in [-0.3, -0.25) is 15.0 Å². The van der Waals surface area contributed by atoms with E-state index < -0.39 is 59.0 Å². The van der Waals surface area contributed by atoms with Gasteiger partial charge in [0.05, 0.1) is 18.4 Å². The Labute approximate surface area is 234 Å². The van der Waals surface area contributed by atoms with Gasteiger partial charge in [-0.05, 0) is 38.2 Å². The summed E-state index contributed by atoms with van der Waals surface area (Å²) < 4.78 is 37.7. The van der Waals surface area contributed by atoms with Crippen molar-refractivity contribution in [1.82, 2.24) is 20.3 Å². The third-order valence-electron chi connectivity index (χ3n) is 6.21. The second-order valence-electron chi connectivity index (χ2n) is 9.47. The number of ether oxygens (including phenoxy) is 2. The topological polar surface area (TPSA) is 213 Å². The number of likely N-dealkylation sites (tertiary alicyclic amines) is 1. The predicted octanol–water partition coefficient (Wildman–Crippen LogP) is -0.232. The quantitative estimate of drug-likeness (QED) is 0.0731. The Bertz CT molecular complexity index is 1100. The molecule has 2 amide bonds. The summed E-state index contributed by atoms with van der Waals surface area (Å²) in [5, 5.41) is 23.0. The average Bonchev–Trinajstić information content (AvgIpc) is 2.91. The van der Waals surface area contributed by atoms with Crippen molar-refractivity contribution in [2.24, 2.45) is 5.73 Å². The summed E-state index contributed by atoms with van der Waals surface area (Å²) >= 11 is 0. The van der Waals surface area contributed by atoms with E-state index in [2.05, 4.69) is 15.4 Å². The minimum atomic E-state index is -4.01. The monoisotopic (exact) mass is 584 g/mol. The lowest BCUT2D eigenvalue weighted by Crippen LogP contribution is -2.61. The highest BCUT2D eigenvalue weighted by Gasteiger charge is 2.34. The maximum atomic E-state index is 13.0. The summed E-state index contributed by atoms with van der Waals surface area (Å²) in [7, 11) is -4.01. The maximum Gasteiger partial charge on any atom is 0.508 e. The van der Waals surface area contributed by atoms with E-state index >= 15 is 0 Å². The molecule has 1 saturated heterocycles. The zero-order valence-electron chi connectivity index (χ0n) is 22.8. The van der Waals surface area contributed by atoms with Gasteiger partial charge in [0.15, 0.2) is 5.96 Å². The molecule has 40 heavy (non-hydrogen) atoms. The van der Waals surface area contributed by atoms with Crippen molar-refractivity contribution < 1.29 is 37.4 Å². The van der Waals surface area contributed by atoms with Gasteiger partial charge in [0.2, 0.25) is 21.8 Å². The summed E-state index contributed by atoms with van der Waals surface area (Å²) in [6.45, 7) is 3.10. The van der Waals surface area contributed by atoms with Crippen LogP contribution in [0.4, 0.5) is 4.79 Å². The molecule has 0 aromatic heterocycles. The van der Waals surface area contributed by atoms with Crippen molar-refractivity contribution in [2.45, 2.75) is 70.3 Å². The molecule has 0 spiro atoms. The van der Waals surface area contributed by atoms with Crippen molar-refractivity contribution in [1.29, 1.82) is 5.41 Å². The molecule has 2 rings (SSSR count). The number of hydrogen-bond acceptors (Lipinski definition) is 9. The van der Waals surface area contributed by atoms with Gasteiger partial charge >= 0.3 is 6.16 Å². The fourth-order valence-electron chi connectivity index (χ4n) is 3.91. The highest BCUT2D eigenvalue weighted by molar-refractivity contribution is 7.89. The van der Waals surface area contributed by atoms with Gasteiger partial charge < -0.3 is 35.8 Å². The van der Waals surface area contributed by atoms with Gasteiger partial charge in [0.1, 0.15) is 24.9 Å². The van der Waals surface area contributed by atoms with Crippen molar-refractivity contribution in [2.75, 3.05) is 25.5 Å². The number of rotatable bonds is 14. The molecule has 1 fully saturated rings. The number of aliphatic hydroxyl groups is 1. The second kappa shape index (κ2) is 16.0. The number of aryl methyl sites for hydroxylation is 1. The first-order valence-corrected chi connectivity index (χ1v) is 14.8. The Hall–Kier alpha value is -3.43. The number of nitrogens with zero attached hydrogens (tertiary/aromatic N) is 1. The molecule has 0 radical (unpaired) electrons. The van der Waals surface area contributed by atoms with Crippen LogP contribution < -0.4 is 21.1 Å². The van der Waals surface area contributed by atoms with Crippen molar-refractivity contribution >= 4 is 34.0 Å². The first-order chi connectivity index (χ1) is 18.9. The molecule has 1 heterocycles. The van der Waals surface area contributed by atoms with E-state index in [1.54, 1.807) is 30.3 Å². The number of guanidine groups is 1. The first-order valence-electron chi connectivity index (χ1n) is 13.2. The Morgan fingerprint density at radius 1 is 1.20 bits per heavy atom. The largest absolute Gasteiger partial charge is 0.508 e. The summed E-state index contributed by atoms with van der Waals surface area (Å²) in [6, 6.07) is 5.49. The molecule has 4 atom stereocenters. The Balaban J connectivity index is 2.03. The molecule has 1 aliphatic rings. The number of unbranched alkanes of at least 4 members (excludes halogenated alkanes) is 1. The van der Waals surface area contributed by atoms with Crippen LogP contribution in [0.2, 0.25) is 0 Å². The molecule has 0 saturated carbocycles. The van der Waals surface area contributed by atoms with Crippen LogP contribution in [-0.4, -0.2) is 92.2 Å². The lowest BCUT2D eigenvalue weighted by atomic mass is 10.0. The molecule has 4 unspecified atom stereocenters. The van der Waals surface area contributed by atoms with E-state index in [9.17, 15) is 27.9 Å². The van der Waals surface area contributed by atoms with E-state index in [1.807, 2.05) is 6.92 Å². The van der Waals surface area contributed by atoms with Crippen molar-refractivity contribution in [3.63, 3.8) is 0 Å². The first kappa shape index (κ1) is 32.8. The summed E-state index contributed by atoms with van der Waals surface area (Å²) in [5.41, 5.74) is 6.26. The number of hydrogen-bond donors (Lipinski definition) is 6. The number of sulfonamides is 1. The number of aliphatic hydroxyl groups excluding tert-OH is 1. The second-order valence-corrected chi connectivity index (χ2v) is 11.3. The predicted molar refractivity (Wildman–Crippen MR) is 146 cm³/mol. The lowest BCUT2D eigenvalue weighted by Gasteiger charge is -2.38. The molecule has 7 N–H and O–H groups in total. The molecule has 1 aromatic carbocycles. The fraction of sp³-hybridized carbons (Fsp3) is 0.600. The lowest BCUT2D eigenvalue weighted by molar-refractivity contribution is -0.131. The standard InChI is InChI=1S/C25H40N6O8S/c1-3-4-14-38-25(35)39-16-20(30-40(36,37)15-12-18-9-6-5-7-10-18)22(33)28-17(2)21(32)29-19-11-8-13-31(23(19)34)24(26)27/h5-7,9-10,17,19-20,23,30,34H,3-4,8,11-16H2,1-2H3,(H3,26,27)(H,28,33)(H,29,32). The van der Waals surface area contributed by atoms with Crippen LogP contribution in [0.15, 0.2) is 30.3 Å². The van der Waals surface area contributed by atoms with E-state index in [-0.39, 0.29) is 24.7 Å². The van der Waals surface area contributed by atoms with Crippen LogP contribution in [0.25, 0.3) is 0 Å². The summed E-state index contributed by atoms with van der Waals surface area (Å²) in [4.78, 5) is 38.9. The van der Waals surface area contributed by atoms with E-state index in [0.29, 0.717) is 25.8 Å². The Morgan fingerprint density at radius 3 is 2.55 bits per heavy atom. The number of carbonyl (C=O) groups is 3. The molecular formula is C25H40N6O8S. The van der Waals surface area contributed by atoms with Gasteiger partial charge in [0, 0.05) is 6.54 Å². The van der Waals surface area contributed by atoms with Gasteiger partial charge in [-0.1, -0.05) is 43.7 Å². The molecule has 1 aromatic rings. The van der Waals surface area contributed by atoms with Gasteiger partial charge in [-0.25, -0.2) is 13.2 Å². The zero-order chi connectivity index (χ0) is 29.7. The molecule has 0 bridgehead atoms. The summed E-state index contributed by atoms with van der Waals surface area (Å²) in [5.74, 6) is -2.21. The average molecular weight is 585 g/mol. The van der Waals surface area contributed by atoms with Gasteiger partial charge in [-0.2, -0.15) is 4.72 Å². The third kappa shape index (κ3) is 11.0. The molecule has 14 nitrogen and oxygen atoms in total. The minimum Gasteiger partial charge on any atom is -0.434 e. The third-order valence-corrected chi connectivity index (χ3v) is 7.59. The highest BCUT2D eigenvalue weighted by Crippen LogP contribution is 2.15.